The van der Waals surface area contributed by atoms with Gasteiger partial charge in [-0.15, -0.1) is 11.3 Å². The molecule has 0 spiro atoms. The van der Waals surface area contributed by atoms with E-state index in [4.69, 9.17) is 10.5 Å². The molecular weight excluding hydrogens is 176 g/mol. The fraction of sp³-hybridized carbons (Fsp3) is 0.429. The van der Waals surface area contributed by atoms with Crippen molar-refractivity contribution in [1.82, 2.24) is 4.98 Å². The summed E-state index contributed by atoms with van der Waals surface area (Å²) in [5.74, 6) is -0.324. The fourth-order valence-corrected chi connectivity index (χ4v) is 1.39. The van der Waals surface area contributed by atoms with Crippen LogP contribution in [0.1, 0.15) is 21.6 Å². The molecule has 0 bridgehead atoms. The molecule has 0 aliphatic rings. The highest BCUT2D eigenvalue weighted by Gasteiger charge is 2.09. The molecule has 0 fully saturated rings. The van der Waals surface area contributed by atoms with Gasteiger partial charge in [0.05, 0.1) is 12.8 Å². The molecule has 1 aromatic heterocycles. The zero-order valence-corrected chi connectivity index (χ0v) is 7.56. The average Bonchev–Trinajstić information content (AvgIpc) is 2.52. The molecule has 0 aliphatic heterocycles. The number of hydrogen-bond acceptors (Lipinski definition) is 5. The van der Waals surface area contributed by atoms with Crippen LogP contribution in [-0.2, 0) is 11.3 Å². The Morgan fingerprint density at radius 2 is 2.58 bits per heavy atom. The maximum absolute atomic E-state index is 11.1. The zero-order chi connectivity index (χ0) is 8.97. The van der Waals surface area contributed by atoms with Crippen molar-refractivity contribution in [3.8, 4) is 0 Å². The van der Waals surface area contributed by atoms with Crippen molar-refractivity contribution >= 4 is 17.3 Å². The lowest BCUT2D eigenvalue weighted by molar-refractivity contribution is 0.0532. The number of thiazole rings is 1. The molecular formula is C7H10N2O2S. The maximum atomic E-state index is 11.1. The van der Waals surface area contributed by atoms with E-state index in [-0.39, 0.29) is 5.97 Å². The molecule has 0 radical (unpaired) electrons. The summed E-state index contributed by atoms with van der Waals surface area (Å²) in [4.78, 5) is 15.5. The highest BCUT2D eigenvalue weighted by atomic mass is 32.1. The Bertz CT molecular complexity index is 272. The smallest absolute Gasteiger partial charge is 0.349 e. The van der Waals surface area contributed by atoms with E-state index in [2.05, 4.69) is 4.98 Å². The van der Waals surface area contributed by atoms with Gasteiger partial charge in [0.1, 0.15) is 9.88 Å². The van der Waals surface area contributed by atoms with Gasteiger partial charge in [-0.05, 0) is 6.92 Å². The molecule has 5 heteroatoms. The first-order chi connectivity index (χ1) is 5.77. The fourth-order valence-electron chi connectivity index (χ4n) is 0.701. The van der Waals surface area contributed by atoms with Crippen molar-refractivity contribution in [1.29, 1.82) is 0 Å². The molecule has 0 unspecified atom stereocenters. The van der Waals surface area contributed by atoms with Gasteiger partial charge in [0.2, 0.25) is 0 Å². The van der Waals surface area contributed by atoms with Crippen molar-refractivity contribution in [2.45, 2.75) is 13.5 Å². The van der Waals surface area contributed by atoms with E-state index in [0.717, 1.165) is 5.01 Å². The third kappa shape index (κ3) is 2.02. The summed E-state index contributed by atoms with van der Waals surface area (Å²) in [6.45, 7) is 2.52. The molecule has 1 rings (SSSR count). The van der Waals surface area contributed by atoms with Gasteiger partial charge in [0, 0.05) is 6.54 Å². The third-order valence-electron chi connectivity index (χ3n) is 1.20. The number of ether oxygens (including phenoxy) is 1. The number of aromatic nitrogens is 1. The lowest BCUT2D eigenvalue weighted by Gasteiger charge is -1.95. The van der Waals surface area contributed by atoms with E-state index in [1.54, 1.807) is 6.92 Å². The number of carbonyl (C=O) groups excluding carboxylic acids is 1. The van der Waals surface area contributed by atoms with Crippen LogP contribution in [0.2, 0.25) is 0 Å². The summed E-state index contributed by atoms with van der Waals surface area (Å²) in [6, 6.07) is 0. The van der Waals surface area contributed by atoms with Gasteiger partial charge in [-0.3, -0.25) is 0 Å². The van der Waals surface area contributed by atoms with Crippen molar-refractivity contribution in [2.24, 2.45) is 5.73 Å². The first-order valence-corrected chi connectivity index (χ1v) is 4.41. The van der Waals surface area contributed by atoms with Crippen LogP contribution in [0.25, 0.3) is 0 Å². The second-order valence-electron chi connectivity index (χ2n) is 2.04. The Morgan fingerprint density at radius 3 is 3.08 bits per heavy atom. The van der Waals surface area contributed by atoms with E-state index in [1.165, 1.54) is 17.5 Å². The van der Waals surface area contributed by atoms with E-state index >= 15 is 0 Å². The van der Waals surface area contributed by atoms with E-state index in [0.29, 0.717) is 18.0 Å². The molecule has 66 valence electrons. The number of esters is 1. The van der Waals surface area contributed by atoms with Crippen LogP contribution in [0.3, 0.4) is 0 Å². The van der Waals surface area contributed by atoms with Gasteiger partial charge in [-0.1, -0.05) is 0 Å². The van der Waals surface area contributed by atoms with Crippen LogP contribution in [0.5, 0.6) is 0 Å². The summed E-state index contributed by atoms with van der Waals surface area (Å²) >= 11 is 1.27. The number of nitrogens with two attached hydrogens (primary N) is 1. The van der Waals surface area contributed by atoms with Crippen LogP contribution in [0.15, 0.2) is 6.20 Å². The zero-order valence-electron chi connectivity index (χ0n) is 6.74. The highest BCUT2D eigenvalue weighted by molar-refractivity contribution is 7.13. The maximum Gasteiger partial charge on any atom is 0.349 e. The predicted octanol–water partition coefficient (Wildman–Crippen LogP) is 0.779. The summed E-state index contributed by atoms with van der Waals surface area (Å²) < 4.78 is 4.78. The largest absolute Gasteiger partial charge is 0.462 e. The van der Waals surface area contributed by atoms with E-state index < -0.39 is 0 Å². The summed E-state index contributed by atoms with van der Waals surface area (Å²) in [5, 5.41) is 0.748. The second kappa shape index (κ2) is 4.18. The number of rotatable bonds is 3. The van der Waals surface area contributed by atoms with E-state index in [9.17, 15) is 4.79 Å². The number of nitrogens with zero attached hydrogens (tertiary/aromatic N) is 1. The molecule has 0 aliphatic carbocycles. The van der Waals surface area contributed by atoms with Crippen molar-refractivity contribution < 1.29 is 9.53 Å². The van der Waals surface area contributed by atoms with Gasteiger partial charge in [0.25, 0.3) is 0 Å². The minimum atomic E-state index is -0.324. The third-order valence-corrected chi connectivity index (χ3v) is 2.20. The van der Waals surface area contributed by atoms with Crippen LogP contribution in [-0.4, -0.2) is 17.6 Å². The van der Waals surface area contributed by atoms with Crippen LogP contribution in [0.4, 0.5) is 0 Å². The molecule has 0 saturated carbocycles. The topological polar surface area (TPSA) is 65.2 Å². The Hall–Kier alpha value is -0.940. The Labute approximate surface area is 74.4 Å². The lowest BCUT2D eigenvalue weighted by atomic mass is 10.5. The van der Waals surface area contributed by atoms with Gasteiger partial charge < -0.3 is 10.5 Å². The van der Waals surface area contributed by atoms with Gasteiger partial charge in [-0.25, -0.2) is 9.78 Å². The Morgan fingerprint density at radius 1 is 1.83 bits per heavy atom. The number of hydrogen-bond donors (Lipinski definition) is 1. The molecule has 0 saturated heterocycles. The molecule has 0 atom stereocenters. The normalized spacial score (nSPS) is 9.83. The molecule has 2 N–H and O–H groups in total. The molecule has 12 heavy (non-hydrogen) atoms. The summed E-state index contributed by atoms with van der Waals surface area (Å²) in [5.41, 5.74) is 5.33. The molecule has 0 aromatic carbocycles. The van der Waals surface area contributed by atoms with Crippen LogP contribution >= 0.6 is 11.3 Å². The van der Waals surface area contributed by atoms with Crippen molar-refractivity contribution in [3.63, 3.8) is 0 Å². The first kappa shape index (κ1) is 9.15. The average molecular weight is 186 g/mol. The molecule has 1 heterocycles. The van der Waals surface area contributed by atoms with Crippen LogP contribution in [0, 0.1) is 0 Å². The number of carbonyl (C=O) groups is 1. The Kier molecular flexibility index (Phi) is 3.19. The van der Waals surface area contributed by atoms with E-state index in [1.807, 2.05) is 0 Å². The van der Waals surface area contributed by atoms with Gasteiger partial charge >= 0.3 is 5.97 Å². The minimum absolute atomic E-state index is 0.324. The first-order valence-electron chi connectivity index (χ1n) is 3.59. The van der Waals surface area contributed by atoms with Crippen molar-refractivity contribution in [3.05, 3.63) is 16.1 Å². The van der Waals surface area contributed by atoms with Crippen LogP contribution < -0.4 is 5.73 Å². The highest BCUT2D eigenvalue weighted by Crippen LogP contribution is 2.12. The van der Waals surface area contributed by atoms with Gasteiger partial charge in [-0.2, -0.15) is 0 Å². The minimum Gasteiger partial charge on any atom is -0.462 e. The molecule has 0 amide bonds. The molecule has 4 nitrogen and oxygen atoms in total. The predicted molar refractivity (Wildman–Crippen MR) is 46.0 cm³/mol. The quantitative estimate of drug-likeness (QED) is 0.708. The summed E-state index contributed by atoms with van der Waals surface area (Å²) in [6.07, 6.45) is 1.49. The lowest BCUT2D eigenvalue weighted by Crippen LogP contribution is -2.01. The summed E-state index contributed by atoms with van der Waals surface area (Å²) in [7, 11) is 0. The Balaban J connectivity index is 2.68. The monoisotopic (exact) mass is 186 g/mol. The second-order valence-corrected chi connectivity index (χ2v) is 3.16. The molecule has 1 aromatic rings. The SMILES string of the molecule is CCOC(=O)c1cnc(CN)s1. The van der Waals surface area contributed by atoms with Gasteiger partial charge in [0.15, 0.2) is 0 Å². The standard InChI is InChI=1S/C7H10N2O2S/c1-2-11-7(10)5-4-9-6(3-8)12-5/h4H,2-3,8H2,1H3. The van der Waals surface area contributed by atoms with Crippen molar-refractivity contribution in [2.75, 3.05) is 6.61 Å².